The number of carbonyl (C=O) groups is 1. The van der Waals surface area contributed by atoms with Crippen molar-refractivity contribution in [3.63, 3.8) is 0 Å². The third-order valence-electron chi connectivity index (χ3n) is 9.50. The molecule has 0 saturated heterocycles. The summed E-state index contributed by atoms with van der Waals surface area (Å²) in [5.41, 5.74) is 6.43. The average molecular weight is 560 g/mol. The predicted octanol–water partition coefficient (Wildman–Crippen LogP) is 4.51. The lowest BCUT2D eigenvalue weighted by Crippen LogP contribution is -2.46. The first-order valence-corrected chi connectivity index (χ1v) is 14.7. The van der Waals surface area contributed by atoms with Crippen LogP contribution in [-0.4, -0.2) is 62.9 Å². The Morgan fingerprint density at radius 2 is 1.78 bits per heavy atom. The van der Waals surface area contributed by atoms with Crippen LogP contribution in [0.3, 0.4) is 0 Å². The Hall–Kier alpha value is -3.59. The molecule has 1 unspecified atom stereocenters. The van der Waals surface area contributed by atoms with E-state index in [0.717, 1.165) is 64.9 Å². The molecule has 0 bridgehead atoms. The fourth-order valence-corrected chi connectivity index (χ4v) is 7.14. The molecule has 3 aromatic rings. The van der Waals surface area contributed by atoms with Crippen molar-refractivity contribution in [1.82, 2.24) is 24.6 Å². The highest BCUT2D eigenvalue weighted by molar-refractivity contribution is 6.02. The van der Waals surface area contributed by atoms with E-state index >= 15 is 0 Å². The summed E-state index contributed by atoms with van der Waals surface area (Å²) >= 11 is 0. The van der Waals surface area contributed by atoms with Crippen molar-refractivity contribution in [3.05, 3.63) is 62.3 Å². The molecule has 1 fully saturated rings. The average Bonchev–Trinajstić information content (AvgIpc) is 3.51. The Labute approximate surface area is 241 Å². The minimum atomic E-state index is -0.805. The van der Waals surface area contributed by atoms with Crippen molar-refractivity contribution < 1.29 is 14.3 Å². The third kappa shape index (κ3) is 4.64. The molecule has 0 radical (unpaired) electrons. The van der Waals surface area contributed by atoms with E-state index in [4.69, 9.17) is 9.47 Å². The van der Waals surface area contributed by atoms with Crippen LogP contribution in [0, 0.1) is 26.7 Å². The number of aromatic amines is 1. The molecule has 41 heavy (non-hydrogen) atoms. The highest BCUT2D eigenvalue weighted by atomic mass is 16.7. The second kappa shape index (κ2) is 10.0. The molecule has 1 atom stereocenters. The van der Waals surface area contributed by atoms with E-state index in [1.807, 2.05) is 46.3 Å². The molecule has 218 valence electrons. The zero-order valence-corrected chi connectivity index (χ0v) is 25.3. The molecular weight excluding hydrogens is 518 g/mol. The van der Waals surface area contributed by atoms with Crippen LogP contribution in [0.4, 0.5) is 0 Å². The Kier molecular flexibility index (Phi) is 6.76. The monoisotopic (exact) mass is 559 g/mol. The van der Waals surface area contributed by atoms with Crippen LogP contribution >= 0.6 is 0 Å². The topological polar surface area (TPSA) is 92.7 Å². The normalized spacial score (nSPS) is 23.8. The highest BCUT2D eigenvalue weighted by Crippen LogP contribution is 2.55. The standard InChI is InChI=1S/C32H41N5O4/c1-18-14-19(2)34-30(38)25(18)17-37-13-12-24-26(31(37)39)20(3)28-29(27(24)21-15-33-36(7)16-21)41-32(4,40-28)22-8-10-23(11-9-22)35(5)6/h14-16,22-23H,8-13,17H2,1-7H3,(H,34,38)/t22-,23-,32?. The van der Waals surface area contributed by atoms with Crippen molar-refractivity contribution in [2.24, 2.45) is 13.0 Å². The van der Waals surface area contributed by atoms with Crippen LogP contribution in [0.5, 0.6) is 11.5 Å². The summed E-state index contributed by atoms with van der Waals surface area (Å²) in [4.78, 5) is 34.0. The van der Waals surface area contributed by atoms with E-state index in [2.05, 4.69) is 36.0 Å². The van der Waals surface area contributed by atoms with Crippen molar-refractivity contribution in [2.75, 3.05) is 20.6 Å². The first-order valence-electron chi connectivity index (χ1n) is 14.7. The maximum atomic E-state index is 14.2. The number of aromatic nitrogens is 3. The highest BCUT2D eigenvalue weighted by Gasteiger charge is 2.49. The summed E-state index contributed by atoms with van der Waals surface area (Å²) in [7, 11) is 6.19. The number of nitrogens with one attached hydrogen (secondary N) is 1. The summed E-state index contributed by atoms with van der Waals surface area (Å²) in [6.07, 6.45) is 8.70. The van der Waals surface area contributed by atoms with E-state index < -0.39 is 5.79 Å². The molecule has 3 aliphatic rings. The number of carbonyl (C=O) groups excluding carboxylic acids is 1. The second-order valence-corrected chi connectivity index (χ2v) is 12.5. The SMILES string of the molecule is Cc1cc(C)c(CN2CCc3c(c(C)c4c(c3-c3cnn(C)c3)OC(C)([C@H]3CC[C@H](N(C)C)CC3)O4)C2=O)c(=O)[nH]1. The number of nitrogens with zero attached hydrogens (tertiary/aromatic N) is 4. The molecular formula is C32H41N5O4. The minimum absolute atomic E-state index is 0.0836. The fraction of sp³-hybridized carbons (Fsp3) is 0.531. The number of hydrogen-bond donors (Lipinski definition) is 1. The van der Waals surface area contributed by atoms with Crippen molar-refractivity contribution in [1.29, 1.82) is 0 Å². The van der Waals surface area contributed by atoms with Gasteiger partial charge < -0.3 is 24.3 Å². The molecule has 1 saturated carbocycles. The van der Waals surface area contributed by atoms with Crippen LogP contribution in [-0.2, 0) is 20.0 Å². The third-order valence-corrected chi connectivity index (χ3v) is 9.50. The number of amides is 1. The molecule has 9 nitrogen and oxygen atoms in total. The maximum absolute atomic E-state index is 14.2. The molecule has 1 aliphatic carbocycles. The van der Waals surface area contributed by atoms with Crippen molar-refractivity contribution >= 4 is 5.91 Å². The summed E-state index contributed by atoms with van der Waals surface area (Å²) in [6, 6.07) is 2.53. The van der Waals surface area contributed by atoms with E-state index in [-0.39, 0.29) is 23.9 Å². The van der Waals surface area contributed by atoms with Gasteiger partial charge in [0.15, 0.2) is 11.5 Å². The maximum Gasteiger partial charge on any atom is 0.254 e. The first kappa shape index (κ1) is 27.6. The van der Waals surface area contributed by atoms with Crippen molar-refractivity contribution in [3.8, 4) is 22.6 Å². The molecule has 9 heteroatoms. The number of benzene rings is 1. The molecule has 4 heterocycles. The van der Waals surface area contributed by atoms with E-state index in [0.29, 0.717) is 35.9 Å². The Morgan fingerprint density at radius 1 is 1.07 bits per heavy atom. The molecule has 1 N–H and O–H groups in total. The number of rotatable bonds is 5. The number of aryl methyl sites for hydroxylation is 3. The van der Waals surface area contributed by atoms with Gasteiger partial charge in [0.05, 0.1) is 18.3 Å². The van der Waals surface area contributed by atoms with Gasteiger partial charge in [-0.25, -0.2) is 0 Å². The number of fused-ring (bicyclic) bond motifs is 2. The molecule has 0 spiro atoms. The quantitative estimate of drug-likeness (QED) is 0.495. The Morgan fingerprint density at radius 3 is 2.41 bits per heavy atom. The summed E-state index contributed by atoms with van der Waals surface area (Å²) in [5.74, 6) is 0.728. The number of hydrogen-bond acceptors (Lipinski definition) is 6. The molecule has 6 rings (SSSR count). The van der Waals surface area contributed by atoms with Crippen LogP contribution in [0.15, 0.2) is 23.3 Å². The van der Waals surface area contributed by atoms with Gasteiger partial charge in [-0.1, -0.05) is 0 Å². The lowest BCUT2D eigenvalue weighted by Gasteiger charge is -2.39. The van der Waals surface area contributed by atoms with Gasteiger partial charge in [-0.2, -0.15) is 5.10 Å². The van der Waals surface area contributed by atoms with Gasteiger partial charge in [-0.3, -0.25) is 14.3 Å². The minimum Gasteiger partial charge on any atom is -0.448 e. The second-order valence-electron chi connectivity index (χ2n) is 12.5. The van der Waals surface area contributed by atoms with Crippen LogP contribution in [0.25, 0.3) is 11.1 Å². The van der Waals surface area contributed by atoms with Crippen molar-refractivity contribution in [2.45, 2.75) is 78.2 Å². The largest absolute Gasteiger partial charge is 0.448 e. The fourth-order valence-electron chi connectivity index (χ4n) is 7.14. The summed E-state index contributed by atoms with van der Waals surface area (Å²) < 4.78 is 15.4. The lowest BCUT2D eigenvalue weighted by atomic mass is 9.81. The number of H-pyrrole nitrogens is 1. The van der Waals surface area contributed by atoms with E-state index in [1.165, 1.54) is 0 Å². The van der Waals surface area contributed by atoms with Gasteiger partial charge in [0.25, 0.3) is 17.3 Å². The first-order chi connectivity index (χ1) is 19.5. The lowest BCUT2D eigenvalue weighted by molar-refractivity contribution is -0.123. The van der Waals surface area contributed by atoms with Gasteiger partial charge >= 0.3 is 0 Å². The molecule has 2 aromatic heterocycles. The van der Waals surface area contributed by atoms with Gasteiger partial charge in [0.1, 0.15) is 0 Å². The molecule has 2 aliphatic heterocycles. The summed E-state index contributed by atoms with van der Waals surface area (Å²) in [5, 5.41) is 4.44. The zero-order chi connectivity index (χ0) is 29.2. The van der Waals surface area contributed by atoms with Gasteiger partial charge in [-0.05, 0) is 84.2 Å². The molecule has 1 aromatic carbocycles. The van der Waals surface area contributed by atoms with Crippen LogP contribution in [0.2, 0.25) is 0 Å². The van der Waals surface area contributed by atoms with E-state index in [9.17, 15) is 9.59 Å². The Balaban J connectivity index is 1.40. The van der Waals surface area contributed by atoms with Gasteiger partial charge in [0.2, 0.25) is 0 Å². The Bertz CT molecular complexity index is 1580. The van der Waals surface area contributed by atoms with Gasteiger partial charge in [0, 0.05) is 66.6 Å². The summed E-state index contributed by atoms with van der Waals surface area (Å²) in [6.45, 7) is 8.60. The number of pyridine rings is 1. The van der Waals surface area contributed by atoms with Crippen LogP contribution < -0.4 is 15.0 Å². The van der Waals surface area contributed by atoms with Gasteiger partial charge in [-0.15, -0.1) is 0 Å². The molecule has 1 amide bonds. The smallest absolute Gasteiger partial charge is 0.254 e. The van der Waals surface area contributed by atoms with Crippen LogP contribution in [0.1, 0.15) is 70.9 Å². The van der Waals surface area contributed by atoms with E-state index in [1.54, 1.807) is 9.58 Å². The predicted molar refractivity (Wildman–Crippen MR) is 157 cm³/mol. The number of ether oxygens (including phenoxy) is 2. The zero-order valence-electron chi connectivity index (χ0n) is 25.3.